The molecule has 1 aromatic carbocycles. The number of piperazine rings is 1. The number of halogens is 2. The smallest absolute Gasteiger partial charge is 0.323 e. The zero-order chi connectivity index (χ0) is 24.6. The molecule has 1 aliphatic heterocycles. The Labute approximate surface area is 192 Å². The lowest BCUT2D eigenvalue weighted by molar-refractivity contribution is -0.143. The minimum absolute atomic E-state index is 0.0297. The van der Waals surface area contributed by atoms with E-state index in [1.807, 2.05) is 4.90 Å². The molecule has 0 bridgehead atoms. The number of aromatic amines is 1. The molecule has 4 N–H and O–H groups in total. The van der Waals surface area contributed by atoms with Crippen molar-refractivity contribution < 1.29 is 23.4 Å². The van der Waals surface area contributed by atoms with Gasteiger partial charge in [-0.15, -0.1) is 5.10 Å². The number of hydrogen-bond acceptors (Lipinski definition) is 8. The molecule has 2 aromatic heterocycles. The molecule has 0 unspecified atom stereocenters. The zero-order valence-corrected chi connectivity index (χ0v) is 18.7. The maximum absolute atomic E-state index is 14.8. The number of nitrogens with zero attached hydrogens (tertiary/aromatic N) is 5. The van der Waals surface area contributed by atoms with Crippen molar-refractivity contribution in [1.82, 2.24) is 20.0 Å². The minimum Gasteiger partial charge on any atom is -0.493 e. The quantitative estimate of drug-likeness (QED) is 0.451. The lowest BCUT2D eigenvalue weighted by Crippen LogP contribution is -2.47. The van der Waals surface area contributed by atoms with Crippen LogP contribution in [0.3, 0.4) is 0 Å². The van der Waals surface area contributed by atoms with E-state index in [1.54, 1.807) is 18.0 Å². The molecule has 182 valence electrons. The normalized spacial score (nSPS) is 16.0. The average molecular weight is 477 g/mol. The predicted molar refractivity (Wildman–Crippen MR) is 120 cm³/mol. The van der Waals surface area contributed by atoms with Gasteiger partial charge in [0.05, 0.1) is 12.1 Å². The van der Waals surface area contributed by atoms with Crippen LogP contribution < -0.4 is 25.8 Å². The van der Waals surface area contributed by atoms with Crippen LogP contribution in [0.1, 0.15) is 13.3 Å². The highest BCUT2D eigenvalue weighted by molar-refractivity contribution is 5.78. The first kappa shape index (κ1) is 23.4. The number of aliphatic carboxylic acids is 1. The first-order chi connectivity index (χ1) is 16.1. The van der Waals surface area contributed by atoms with Gasteiger partial charge in [-0.1, -0.05) is 5.21 Å². The Bertz CT molecular complexity index is 1260. The highest BCUT2D eigenvalue weighted by Gasteiger charge is 2.28. The van der Waals surface area contributed by atoms with Crippen LogP contribution in [0.15, 0.2) is 23.0 Å². The number of pyridine rings is 1. The summed E-state index contributed by atoms with van der Waals surface area (Å²) >= 11 is 0. The maximum Gasteiger partial charge on any atom is 0.323 e. The van der Waals surface area contributed by atoms with Gasteiger partial charge in [0.15, 0.2) is 17.2 Å². The Balaban J connectivity index is 1.43. The van der Waals surface area contributed by atoms with E-state index in [-0.39, 0.29) is 35.5 Å². The molecule has 0 spiro atoms. The number of hydrogen-bond donors (Lipinski definition) is 3. The number of carboxylic acid groups (broad SMARTS) is 1. The second-order valence-electron chi connectivity index (χ2n) is 8.46. The van der Waals surface area contributed by atoms with E-state index < -0.39 is 23.1 Å². The van der Waals surface area contributed by atoms with Gasteiger partial charge in [-0.3, -0.25) is 9.59 Å². The van der Waals surface area contributed by atoms with Gasteiger partial charge in [-0.05, 0) is 6.92 Å². The molecule has 0 radical (unpaired) electrons. The number of carboxylic acids is 1. The van der Waals surface area contributed by atoms with E-state index in [4.69, 9.17) is 15.6 Å². The third-order valence-corrected chi connectivity index (χ3v) is 5.91. The molecular formula is C21H25F2N7O4. The van der Waals surface area contributed by atoms with Crippen molar-refractivity contribution >= 4 is 28.5 Å². The number of aromatic nitrogens is 4. The van der Waals surface area contributed by atoms with Crippen molar-refractivity contribution in [1.29, 1.82) is 0 Å². The van der Waals surface area contributed by atoms with Gasteiger partial charge in [0, 0.05) is 57.8 Å². The Morgan fingerprint density at radius 2 is 1.82 bits per heavy atom. The van der Waals surface area contributed by atoms with Gasteiger partial charge >= 0.3 is 5.97 Å². The average Bonchev–Trinajstić information content (AvgIpc) is 3.15. The van der Waals surface area contributed by atoms with Crippen molar-refractivity contribution in [2.24, 2.45) is 12.8 Å². The molecule has 1 saturated heterocycles. The number of carbonyl (C=O) groups is 1. The maximum atomic E-state index is 14.8. The number of fused-ring (bicyclic) bond motifs is 1. The fourth-order valence-corrected chi connectivity index (χ4v) is 3.79. The van der Waals surface area contributed by atoms with Crippen LogP contribution in [0, 0.1) is 11.6 Å². The first-order valence-electron chi connectivity index (χ1n) is 10.6. The van der Waals surface area contributed by atoms with Gasteiger partial charge in [-0.25, -0.2) is 13.5 Å². The molecule has 4 rings (SSSR count). The van der Waals surface area contributed by atoms with Crippen molar-refractivity contribution in [2.45, 2.75) is 18.9 Å². The Morgan fingerprint density at radius 3 is 2.44 bits per heavy atom. The van der Waals surface area contributed by atoms with Crippen molar-refractivity contribution in [3.8, 4) is 5.75 Å². The van der Waals surface area contributed by atoms with E-state index >= 15 is 0 Å². The first-order valence-corrected chi connectivity index (χ1v) is 10.6. The lowest BCUT2D eigenvalue weighted by Gasteiger charge is -2.37. The summed E-state index contributed by atoms with van der Waals surface area (Å²) in [5.74, 6) is -2.22. The van der Waals surface area contributed by atoms with Crippen LogP contribution >= 0.6 is 0 Å². The van der Waals surface area contributed by atoms with Crippen LogP contribution in [0.5, 0.6) is 5.75 Å². The van der Waals surface area contributed by atoms with Crippen LogP contribution in [-0.4, -0.2) is 69.4 Å². The summed E-state index contributed by atoms with van der Waals surface area (Å²) in [7, 11) is 1.69. The van der Waals surface area contributed by atoms with Gasteiger partial charge in [0.1, 0.15) is 22.8 Å². The molecule has 0 saturated carbocycles. The number of benzene rings is 1. The van der Waals surface area contributed by atoms with E-state index in [0.29, 0.717) is 37.5 Å². The molecule has 13 heteroatoms. The monoisotopic (exact) mass is 477 g/mol. The number of H-pyrrole nitrogens is 1. The Morgan fingerprint density at radius 1 is 1.21 bits per heavy atom. The van der Waals surface area contributed by atoms with Gasteiger partial charge < -0.3 is 30.4 Å². The Kier molecular flexibility index (Phi) is 6.13. The molecule has 1 fully saturated rings. The van der Waals surface area contributed by atoms with Gasteiger partial charge in [0.25, 0.3) is 5.56 Å². The molecule has 11 nitrogen and oxygen atoms in total. The largest absolute Gasteiger partial charge is 0.493 e. The summed E-state index contributed by atoms with van der Waals surface area (Å²) in [6.45, 7) is 2.72. The number of rotatable bonds is 7. The van der Waals surface area contributed by atoms with E-state index in [1.165, 1.54) is 11.6 Å². The highest BCUT2D eigenvalue weighted by atomic mass is 19.1. The highest BCUT2D eigenvalue weighted by Crippen LogP contribution is 2.30. The summed E-state index contributed by atoms with van der Waals surface area (Å²) in [6, 6.07) is 3.91. The Hall–Kier alpha value is -3.74. The summed E-state index contributed by atoms with van der Waals surface area (Å²) in [6.07, 6.45) is -0.0297. The molecule has 0 amide bonds. The molecule has 34 heavy (non-hydrogen) atoms. The second kappa shape index (κ2) is 8.89. The fraction of sp³-hybridized carbons (Fsp3) is 0.429. The van der Waals surface area contributed by atoms with Crippen molar-refractivity contribution in [2.75, 3.05) is 42.6 Å². The summed E-state index contributed by atoms with van der Waals surface area (Å²) < 4.78 is 36.4. The van der Waals surface area contributed by atoms with Crippen molar-refractivity contribution in [3.05, 3.63) is 40.2 Å². The van der Waals surface area contributed by atoms with Crippen LogP contribution in [0.2, 0.25) is 0 Å². The fourth-order valence-electron chi connectivity index (χ4n) is 3.79. The van der Waals surface area contributed by atoms with E-state index in [2.05, 4.69) is 15.3 Å². The number of anilines is 2. The van der Waals surface area contributed by atoms with Crippen molar-refractivity contribution in [3.63, 3.8) is 0 Å². The standard InChI is InChI=1S/C21H25F2N7O4/c1-21(24,20(32)33)3-8-34-12-9-13(22)18(14(23)10-12)30-6-4-29(5-7-30)16-11-15-17(19(31)25-16)26-27-28(15)2/h9-11H,3-8,24H2,1-2H3,(H,25,31)(H,32,33)/t21-/m0/s1. The van der Waals surface area contributed by atoms with Crippen LogP contribution in [-0.2, 0) is 11.8 Å². The summed E-state index contributed by atoms with van der Waals surface area (Å²) in [5, 5.41) is 16.7. The van der Waals surface area contributed by atoms with Crippen LogP contribution in [0.25, 0.3) is 11.0 Å². The van der Waals surface area contributed by atoms with E-state index in [0.717, 1.165) is 12.1 Å². The zero-order valence-electron chi connectivity index (χ0n) is 18.7. The number of ether oxygens (including phenoxy) is 1. The summed E-state index contributed by atoms with van der Waals surface area (Å²) in [4.78, 5) is 29.6. The number of nitrogens with two attached hydrogens (primary N) is 1. The molecule has 0 aliphatic carbocycles. The molecule has 3 aromatic rings. The molecule has 3 heterocycles. The molecular weight excluding hydrogens is 452 g/mol. The predicted octanol–water partition coefficient (Wildman–Crippen LogP) is 0.832. The number of aryl methyl sites for hydroxylation is 1. The van der Waals surface area contributed by atoms with Gasteiger partial charge in [-0.2, -0.15) is 0 Å². The molecule has 1 aliphatic rings. The summed E-state index contributed by atoms with van der Waals surface area (Å²) in [5.41, 5.74) is 4.45. The lowest BCUT2D eigenvalue weighted by atomic mass is 10.0. The minimum atomic E-state index is -1.50. The number of nitrogens with one attached hydrogen (secondary N) is 1. The SMILES string of the molecule is Cn1nnc2c(=O)[nH]c(N3CCN(c4c(F)cc(OCC[C@](C)(N)C(=O)O)cc4F)CC3)cc21. The second-order valence-corrected chi connectivity index (χ2v) is 8.46. The third kappa shape index (κ3) is 4.51. The van der Waals surface area contributed by atoms with Gasteiger partial charge in [0.2, 0.25) is 0 Å². The molecule has 1 atom stereocenters. The van der Waals surface area contributed by atoms with E-state index in [9.17, 15) is 18.4 Å². The topological polar surface area (TPSA) is 143 Å². The third-order valence-electron chi connectivity index (χ3n) is 5.91. The van der Waals surface area contributed by atoms with Crippen LogP contribution in [0.4, 0.5) is 20.3 Å².